The Hall–Kier alpha value is -0.290. The third-order valence-electron chi connectivity index (χ3n) is 2.84. The molecule has 0 spiro atoms. The van der Waals surface area contributed by atoms with Crippen molar-refractivity contribution in [2.45, 2.75) is 18.9 Å². The number of anilines is 1. The first-order chi connectivity index (χ1) is 7.24. The van der Waals surface area contributed by atoms with E-state index >= 15 is 0 Å². The van der Waals surface area contributed by atoms with Crippen molar-refractivity contribution in [3.05, 3.63) is 27.8 Å². The highest BCUT2D eigenvalue weighted by molar-refractivity contribution is 14.1. The van der Waals surface area contributed by atoms with Gasteiger partial charge in [0.2, 0.25) is 0 Å². The summed E-state index contributed by atoms with van der Waals surface area (Å²) in [6.45, 7) is 2.40. The van der Waals surface area contributed by atoms with Crippen LogP contribution in [0.3, 0.4) is 0 Å². The number of halogens is 1. The van der Waals surface area contributed by atoms with Crippen molar-refractivity contribution in [2.75, 3.05) is 25.5 Å². The minimum atomic E-state index is 0.615. The van der Waals surface area contributed by atoms with Gasteiger partial charge in [-0.2, -0.15) is 0 Å². The number of nitrogens with one attached hydrogen (secondary N) is 1. The van der Waals surface area contributed by atoms with Crippen LogP contribution in [0, 0.1) is 3.57 Å². The number of rotatable bonds is 2. The van der Waals surface area contributed by atoms with Gasteiger partial charge in [-0.15, -0.1) is 0 Å². The zero-order chi connectivity index (χ0) is 10.7. The fourth-order valence-corrected chi connectivity index (χ4v) is 2.43. The first-order valence-corrected chi connectivity index (χ1v) is 6.52. The monoisotopic (exact) mass is 316 g/mol. The lowest BCUT2D eigenvalue weighted by atomic mass is 10.1. The first kappa shape index (κ1) is 11.2. The van der Waals surface area contributed by atoms with E-state index in [1.165, 1.54) is 28.6 Å². The third-order valence-corrected chi connectivity index (χ3v) is 3.56. The number of likely N-dealkylation sites (N-methyl/N-ethyl adjacent to an activating group) is 1. The fourth-order valence-electron chi connectivity index (χ4n) is 2.07. The topological polar surface area (TPSA) is 15.3 Å². The number of piperidine rings is 1. The van der Waals surface area contributed by atoms with Crippen LogP contribution >= 0.6 is 22.6 Å². The van der Waals surface area contributed by atoms with Crippen LogP contribution in [-0.2, 0) is 0 Å². The Kier molecular flexibility index (Phi) is 3.86. The summed E-state index contributed by atoms with van der Waals surface area (Å²) in [5.74, 6) is 0. The lowest BCUT2D eigenvalue weighted by Crippen LogP contribution is -2.39. The molecule has 0 aromatic heterocycles. The molecule has 82 valence electrons. The van der Waals surface area contributed by atoms with Crippen LogP contribution in [0.2, 0.25) is 0 Å². The molecule has 0 aliphatic carbocycles. The molecule has 1 aliphatic heterocycles. The van der Waals surface area contributed by atoms with Crippen molar-refractivity contribution in [1.82, 2.24) is 4.90 Å². The van der Waals surface area contributed by atoms with Gasteiger partial charge >= 0.3 is 0 Å². The van der Waals surface area contributed by atoms with E-state index in [2.05, 4.69) is 64.1 Å². The van der Waals surface area contributed by atoms with E-state index in [0.717, 1.165) is 6.54 Å². The minimum Gasteiger partial charge on any atom is -0.381 e. The van der Waals surface area contributed by atoms with Gasteiger partial charge in [0.1, 0.15) is 0 Å². The van der Waals surface area contributed by atoms with Gasteiger partial charge in [0, 0.05) is 21.8 Å². The quantitative estimate of drug-likeness (QED) is 0.844. The molecule has 1 atom stereocenters. The van der Waals surface area contributed by atoms with Crippen molar-refractivity contribution in [3.8, 4) is 0 Å². The van der Waals surface area contributed by atoms with E-state index in [4.69, 9.17) is 0 Å². The molecule has 1 saturated heterocycles. The molecule has 1 aromatic carbocycles. The van der Waals surface area contributed by atoms with Crippen LogP contribution in [0.1, 0.15) is 12.8 Å². The van der Waals surface area contributed by atoms with Crippen LogP contribution in [0.5, 0.6) is 0 Å². The fraction of sp³-hybridized carbons (Fsp3) is 0.500. The maximum absolute atomic E-state index is 3.59. The lowest BCUT2D eigenvalue weighted by Gasteiger charge is -2.30. The Bertz CT molecular complexity index is 310. The van der Waals surface area contributed by atoms with Crippen molar-refractivity contribution in [1.29, 1.82) is 0 Å². The summed E-state index contributed by atoms with van der Waals surface area (Å²) in [5.41, 5.74) is 1.25. The number of benzene rings is 1. The molecule has 1 fully saturated rings. The van der Waals surface area contributed by atoms with Gasteiger partial charge < -0.3 is 10.2 Å². The molecular formula is C12H17IN2. The van der Waals surface area contributed by atoms with Gasteiger partial charge in [-0.1, -0.05) is 0 Å². The second kappa shape index (κ2) is 5.16. The van der Waals surface area contributed by atoms with Gasteiger partial charge in [0.15, 0.2) is 0 Å². The number of hydrogen-bond donors (Lipinski definition) is 1. The Morgan fingerprint density at radius 2 is 2.07 bits per heavy atom. The average Bonchev–Trinajstić information content (AvgIpc) is 2.22. The summed E-state index contributed by atoms with van der Waals surface area (Å²) in [4.78, 5) is 2.40. The average molecular weight is 316 g/mol. The zero-order valence-corrected chi connectivity index (χ0v) is 11.2. The summed E-state index contributed by atoms with van der Waals surface area (Å²) in [6.07, 6.45) is 2.59. The van der Waals surface area contributed by atoms with E-state index in [0.29, 0.717) is 6.04 Å². The lowest BCUT2D eigenvalue weighted by molar-refractivity contribution is 0.261. The van der Waals surface area contributed by atoms with Gasteiger partial charge in [-0.3, -0.25) is 0 Å². The maximum atomic E-state index is 3.59. The maximum Gasteiger partial charge on any atom is 0.0388 e. The van der Waals surface area contributed by atoms with Crippen LogP contribution < -0.4 is 5.32 Å². The molecule has 1 aromatic rings. The third kappa shape index (κ3) is 3.34. The van der Waals surface area contributed by atoms with E-state index in [1.807, 2.05) is 0 Å². The molecular weight excluding hydrogens is 299 g/mol. The normalized spacial score (nSPS) is 22.7. The molecule has 2 rings (SSSR count). The van der Waals surface area contributed by atoms with Crippen LogP contribution in [-0.4, -0.2) is 31.1 Å². The predicted octanol–water partition coefficient (Wildman–Crippen LogP) is 2.80. The number of nitrogens with zero attached hydrogens (tertiary/aromatic N) is 1. The Morgan fingerprint density at radius 1 is 1.33 bits per heavy atom. The minimum absolute atomic E-state index is 0.615. The number of hydrogen-bond acceptors (Lipinski definition) is 2. The smallest absolute Gasteiger partial charge is 0.0388 e. The molecule has 1 heterocycles. The standard InChI is InChI=1S/C12H17IN2/c1-15-8-2-3-12(9-15)14-11-6-4-10(13)5-7-11/h4-7,12,14H,2-3,8-9H2,1H3. The van der Waals surface area contributed by atoms with Crippen LogP contribution in [0.4, 0.5) is 5.69 Å². The van der Waals surface area contributed by atoms with Crippen molar-refractivity contribution < 1.29 is 0 Å². The van der Waals surface area contributed by atoms with Gasteiger partial charge in [-0.25, -0.2) is 0 Å². The molecule has 15 heavy (non-hydrogen) atoms. The second-order valence-corrected chi connectivity index (χ2v) is 5.50. The summed E-state index contributed by atoms with van der Waals surface area (Å²) in [6, 6.07) is 9.24. The molecule has 0 radical (unpaired) electrons. The Labute approximate surface area is 105 Å². The SMILES string of the molecule is CN1CCCC(Nc2ccc(I)cc2)C1. The largest absolute Gasteiger partial charge is 0.381 e. The van der Waals surface area contributed by atoms with Crippen LogP contribution in [0.25, 0.3) is 0 Å². The second-order valence-electron chi connectivity index (χ2n) is 4.25. The van der Waals surface area contributed by atoms with E-state index in [-0.39, 0.29) is 0 Å². The van der Waals surface area contributed by atoms with Gasteiger partial charge in [0.25, 0.3) is 0 Å². The molecule has 0 amide bonds. The van der Waals surface area contributed by atoms with Crippen molar-refractivity contribution in [3.63, 3.8) is 0 Å². The molecule has 3 heteroatoms. The highest BCUT2D eigenvalue weighted by Gasteiger charge is 2.16. The predicted molar refractivity (Wildman–Crippen MR) is 73.3 cm³/mol. The van der Waals surface area contributed by atoms with Crippen molar-refractivity contribution in [2.24, 2.45) is 0 Å². The molecule has 2 nitrogen and oxygen atoms in total. The highest BCUT2D eigenvalue weighted by Crippen LogP contribution is 2.16. The van der Waals surface area contributed by atoms with E-state index in [9.17, 15) is 0 Å². The zero-order valence-electron chi connectivity index (χ0n) is 9.04. The molecule has 0 bridgehead atoms. The summed E-state index contributed by atoms with van der Waals surface area (Å²) < 4.78 is 1.29. The summed E-state index contributed by atoms with van der Waals surface area (Å²) in [7, 11) is 2.20. The van der Waals surface area contributed by atoms with E-state index in [1.54, 1.807) is 0 Å². The number of likely N-dealkylation sites (tertiary alicyclic amines) is 1. The highest BCUT2D eigenvalue weighted by atomic mass is 127. The summed E-state index contributed by atoms with van der Waals surface area (Å²) >= 11 is 2.33. The van der Waals surface area contributed by atoms with Crippen LogP contribution in [0.15, 0.2) is 24.3 Å². The summed E-state index contributed by atoms with van der Waals surface area (Å²) in [5, 5.41) is 3.59. The molecule has 1 aliphatic rings. The molecule has 1 unspecified atom stereocenters. The Morgan fingerprint density at radius 3 is 2.73 bits per heavy atom. The van der Waals surface area contributed by atoms with Gasteiger partial charge in [-0.05, 0) is 73.3 Å². The Balaban J connectivity index is 1.93. The van der Waals surface area contributed by atoms with Crippen molar-refractivity contribution >= 4 is 28.3 Å². The molecule has 0 saturated carbocycles. The first-order valence-electron chi connectivity index (χ1n) is 5.45. The molecule has 1 N–H and O–H groups in total. The van der Waals surface area contributed by atoms with E-state index < -0.39 is 0 Å². The van der Waals surface area contributed by atoms with Gasteiger partial charge in [0.05, 0.1) is 0 Å².